The van der Waals surface area contributed by atoms with Crippen molar-refractivity contribution in [3.63, 3.8) is 0 Å². The van der Waals surface area contributed by atoms with Crippen LogP contribution < -0.4 is 0 Å². The first-order chi connectivity index (χ1) is 22.6. The van der Waals surface area contributed by atoms with Crippen molar-refractivity contribution in [1.29, 1.82) is 31.6 Å². The number of nitrogens with zero attached hydrogens (tertiary/aromatic N) is 6. The van der Waals surface area contributed by atoms with Crippen LogP contribution in [0, 0.1) is 138 Å². The van der Waals surface area contributed by atoms with Crippen LogP contribution in [0.2, 0.25) is 0 Å². The molecule has 0 aromatic heterocycles. The Morgan fingerprint density at radius 1 is 0.396 bits per heavy atom. The molecule has 0 amide bonds. The first-order valence-electron chi connectivity index (χ1n) is 12.1. The SMILES string of the molecule is N#CC(=C1C(C(C#N)c2c(F)c(F)c(C#N)c(F)c2F)=C1C(C#N)c1c(F)c(F)c(C#N)c(F)c1F)c1c(F)c(F)c(C#N)c(F)c1F. The van der Waals surface area contributed by atoms with Gasteiger partial charge in [0.05, 0.1) is 34.4 Å². The van der Waals surface area contributed by atoms with E-state index in [0.29, 0.717) is 0 Å². The predicted octanol–water partition coefficient (Wildman–Crippen LogP) is 7.17. The highest BCUT2D eigenvalue weighted by molar-refractivity contribution is 5.95. The van der Waals surface area contributed by atoms with Crippen LogP contribution in [-0.2, 0) is 0 Å². The Hall–Kier alpha value is -6.76. The van der Waals surface area contributed by atoms with Crippen LogP contribution in [0.15, 0.2) is 16.7 Å². The largest absolute Gasteiger partial charge is 0.203 e. The average Bonchev–Trinajstić information content (AvgIpc) is 3.78. The van der Waals surface area contributed by atoms with E-state index in [1.165, 1.54) is 0 Å². The van der Waals surface area contributed by atoms with Crippen LogP contribution in [0.1, 0.15) is 45.2 Å². The number of benzene rings is 3. The second kappa shape index (κ2) is 12.2. The molecular formula is C30H2F12N6. The van der Waals surface area contributed by atoms with E-state index < -0.39 is 137 Å². The highest BCUT2D eigenvalue weighted by Crippen LogP contribution is 2.58. The number of nitriles is 6. The molecule has 0 saturated carbocycles. The Labute approximate surface area is 258 Å². The van der Waals surface area contributed by atoms with Crippen LogP contribution >= 0.6 is 0 Å². The molecule has 0 heterocycles. The summed E-state index contributed by atoms with van der Waals surface area (Å²) in [6.45, 7) is 0. The van der Waals surface area contributed by atoms with Gasteiger partial charge in [0.2, 0.25) is 0 Å². The summed E-state index contributed by atoms with van der Waals surface area (Å²) in [4.78, 5) is 0. The average molecular weight is 674 g/mol. The van der Waals surface area contributed by atoms with E-state index in [0.717, 1.165) is 36.4 Å². The van der Waals surface area contributed by atoms with Gasteiger partial charge in [-0.2, -0.15) is 31.6 Å². The summed E-state index contributed by atoms with van der Waals surface area (Å²) < 4.78 is 177. The fourth-order valence-electron chi connectivity index (χ4n) is 4.82. The lowest BCUT2D eigenvalue weighted by molar-refractivity contribution is 0.434. The molecule has 1 aliphatic rings. The molecule has 3 aromatic rings. The van der Waals surface area contributed by atoms with Crippen molar-refractivity contribution >= 4 is 5.57 Å². The Morgan fingerprint density at radius 2 is 0.667 bits per heavy atom. The van der Waals surface area contributed by atoms with Gasteiger partial charge in [-0.3, -0.25) is 0 Å². The van der Waals surface area contributed by atoms with E-state index in [4.69, 9.17) is 15.8 Å². The molecule has 1 aliphatic carbocycles. The second-order valence-corrected chi connectivity index (χ2v) is 9.24. The van der Waals surface area contributed by atoms with Gasteiger partial charge in [0.15, 0.2) is 69.8 Å². The Kier molecular flexibility index (Phi) is 8.68. The number of hydrogen-bond acceptors (Lipinski definition) is 6. The standard InChI is InChI=1S/C30H2F12N6/c31-19-10(4-46)20(32)26(38)16(25(19)37)7(1-43)13-14(8(2-44)17-27(39)21(33)11(5-47)22(34)28(17)40)15(13)9(3-45)18-29(41)23(35)12(6-48)24(36)30(18)42/h7-8H. The van der Waals surface area contributed by atoms with Gasteiger partial charge in [-0.05, 0) is 11.1 Å². The predicted molar refractivity (Wildman–Crippen MR) is 129 cm³/mol. The van der Waals surface area contributed by atoms with Crippen LogP contribution in [-0.4, -0.2) is 0 Å². The molecule has 0 saturated heterocycles. The van der Waals surface area contributed by atoms with Crippen LogP contribution in [0.5, 0.6) is 0 Å². The van der Waals surface area contributed by atoms with E-state index in [-0.39, 0.29) is 0 Å². The van der Waals surface area contributed by atoms with Crippen molar-refractivity contribution in [2.75, 3.05) is 0 Å². The zero-order valence-corrected chi connectivity index (χ0v) is 22.4. The molecule has 3 aromatic carbocycles. The zero-order chi connectivity index (χ0) is 36.1. The zero-order valence-electron chi connectivity index (χ0n) is 22.4. The van der Waals surface area contributed by atoms with Crippen molar-refractivity contribution in [3.05, 3.63) is 120 Å². The minimum atomic E-state index is -2.90. The number of allylic oxidation sites excluding steroid dienone is 4. The molecule has 0 fully saturated rings. The van der Waals surface area contributed by atoms with Gasteiger partial charge in [-0.15, -0.1) is 0 Å². The molecule has 0 spiro atoms. The summed E-state index contributed by atoms with van der Waals surface area (Å²) in [5, 5.41) is 56.0. The molecule has 18 heteroatoms. The Balaban J connectivity index is 2.22. The fraction of sp³-hybridized carbons (Fsp3) is 0.0667. The monoisotopic (exact) mass is 674 g/mol. The molecule has 6 nitrogen and oxygen atoms in total. The van der Waals surface area contributed by atoms with Crippen molar-refractivity contribution in [2.45, 2.75) is 11.8 Å². The second-order valence-electron chi connectivity index (χ2n) is 9.24. The van der Waals surface area contributed by atoms with Crippen molar-refractivity contribution < 1.29 is 52.7 Å². The van der Waals surface area contributed by atoms with E-state index in [9.17, 15) is 42.1 Å². The minimum absolute atomic E-state index is 0.774. The quantitative estimate of drug-likeness (QED) is 0.160. The van der Waals surface area contributed by atoms with Crippen LogP contribution in [0.3, 0.4) is 0 Å². The van der Waals surface area contributed by atoms with Gasteiger partial charge in [0, 0.05) is 5.57 Å². The van der Waals surface area contributed by atoms with Gasteiger partial charge in [0.25, 0.3) is 0 Å². The number of hydrogen-bond donors (Lipinski definition) is 0. The third-order valence-corrected chi connectivity index (χ3v) is 6.98. The van der Waals surface area contributed by atoms with Crippen molar-refractivity contribution in [1.82, 2.24) is 0 Å². The third-order valence-electron chi connectivity index (χ3n) is 6.98. The first kappa shape index (κ1) is 34.1. The summed E-state index contributed by atoms with van der Waals surface area (Å²) >= 11 is 0. The van der Waals surface area contributed by atoms with E-state index in [1.807, 2.05) is 0 Å². The Bertz CT molecular complexity index is 2160. The molecular weight excluding hydrogens is 672 g/mol. The highest BCUT2D eigenvalue weighted by Gasteiger charge is 2.49. The number of rotatable bonds is 5. The van der Waals surface area contributed by atoms with E-state index in [2.05, 4.69) is 0 Å². The van der Waals surface area contributed by atoms with Crippen molar-refractivity contribution in [2.24, 2.45) is 0 Å². The highest BCUT2D eigenvalue weighted by atomic mass is 19.2. The van der Waals surface area contributed by atoms with Gasteiger partial charge in [-0.1, -0.05) is 0 Å². The minimum Gasteiger partial charge on any atom is -0.203 e. The van der Waals surface area contributed by atoms with Gasteiger partial charge in [0.1, 0.15) is 52.8 Å². The van der Waals surface area contributed by atoms with Gasteiger partial charge < -0.3 is 0 Å². The van der Waals surface area contributed by atoms with Gasteiger partial charge in [-0.25, -0.2) is 52.7 Å². The van der Waals surface area contributed by atoms with Crippen LogP contribution in [0.25, 0.3) is 5.57 Å². The third kappa shape index (κ3) is 4.64. The lowest BCUT2D eigenvalue weighted by Gasteiger charge is -2.12. The maximum absolute atomic E-state index is 15.1. The topological polar surface area (TPSA) is 143 Å². The molecule has 4 rings (SSSR count). The molecule has 0 radical (unpaired) electrons. The Morgan fingerprint density at radius 3 is 0.896 bits per heavy atom. The maximum Gasteiger partial charge on any atom is 0.180 e. The molecule has 2 unspecified atom stereocenters. The molecule has 0 aliphatic heterocycles. The smallest absolute Gasteiger partial charge is 0.180 e. The summed E-state index contributed by atoms with van der Waals surface area (Å²) in [5.74, 6) is -35.3. The van der Waals surface area contributed by atoms with Gasteiger partial charge >= 0.3 is 0 Å². The summed E-state index contributed by atoms with van der Waals surface area (Å²) in [5.41, 5.74) is -17.3. The van der Waals surface area contributed by atoms with Crippen molar-refractivity contribution in [3.8, 4) is 36.4 Å². The summed E-state index contributed by atoms with van der Waals surface area (Å²) in [6, 6.07) is 5.41. The molecule has 0 N–H and O–H groups in total. The molecule has 2 atom stereocenters. The lowest BCUT2D eigenvalue weighted by atomic mass is 9.92. The molecule has 48 heavy (non-hydrogen) atoms. The molecule has 0 bridgehead atoms. The van der Waals surface area contributed by atoms with E-state index >= 15 is 26.3 Å². The van der Waals surface area contributed by atoms with Crippen LogP contribution in [0.4, 0.5) is 52.7 Å². The maximum atomic E-state index is 15.1. The lowest BCUT2D eigenvalue weighted by Crippen LogP contribution is -2.11. The number of halogens is 12. The first-order valence-corrected chi connectivity index (χ1v) is 12.1. The summed E-state index contributed by atoms with van der Waals surface area (Å²) in [7, 11) is 0. The summed E-state index contributed by atoms with van der Waals surface area (Å²) in [6.07, 6.45) is 0. The van der Waals surface area contributed by atoms with E-state index in [1.54, 1.807) is 0 Å². The molecule has 236 valence electrons. The fourth-order valence-corrected chi connectivity index (χ4v) is 4.82. The normalized spacial score (nSPS) is 13.0.